The van der Waals surface area contributed by atoms with E-state index in [1.807, 2.05) is 37.3 Å². The Morgan fingerprint density at radius 2 is 1.90 bits per heavy atom. The average Bonchev–Trinajstić information content (AvgIpc) is 2.47. The van der Waals surface area contributed by atoms with Crippen LogP contribution in [0.5, 0.6) is 0 Å². The molecule has 0 aliphatic rings. The Kier molecular flexibility index (Phi) is 5.27. The van der Waals surface area contributed by atoms with Crippen LogP contribution in [-0.2, 0) is 16.0 Å². The Hall–Kier alpha value is -1.51. The Labute approximate surface area is 134 Å². The number of carbonyl (C=O) groups is 1. The largest absolute Gasteiger partial charge is 0.469 e. The summed E-state index contributed by atoms with van der Waals surface area (Å²) in [6, 6.07) is 13.1. The Morgan fingerprint density at radius 3 is 2.52 bits per heavy atom. The van der Waals surface area contributed by atoms with Gasteiger partial charge in [0.2, 0.25) is 0 Å². The SMILES string of the molecule is COC(=O)[C@@H](Cc1ccc(Cl)cc1Cl)c1ccccc1C. The van der Waals surface area contributed by atoms with Crippen LogP contribution < -0.4 is 0 Å². The van der Waals surface area contributed by atoms with Crippen molar-refractivity contribution in [3.63, 3.8) is 0 Å². The minimum atomic E-state index is -0.380. The lowest BCUT2D eigenvalue weighted by Gasteiger charge is -2.18. The number of halogens is 2. The van der Waals surface area contributed by atoms with Gasteiger partial charge in [-0.3, -0.25) is 4.79 Å². The monoisotopic (exact) mass is 322 g/mol. The first kappa shape index (κ1) is 15.9. The van der Waals surface area contributed by atoms with E-state index in [1.165, 1.54) is 7.11 Å². The van der Waals surface area contributed by atoms with E-state index in [0.29, 0.717) is 16.5 Å². The van der Waals surface area contributed by atoms with E-state index in [2.05, 4.69) is 0 Å². The summed E-state index contributed by atoms with van der Waals surface area (Å²) in [4.78, 5) is 12.2. The fourth-order valence-corrected chi connectivity index (χ4v) is 2.83. The molecule has 110 valence electrons. The van der Waals surface area contributed by atoms with E-state index in [4.69, 9.17) is 27.9 Å². The number of benzene rings is 2. The third kappa shape index (κ3) is 3.78. The summed E-state index contributed by atoms with van der Waals surface area (Å²) in [7, 11) is 1.40. The molecule has 0 aliphatic heterocycles. The molecule has 0 aromatic heterocycles. The number of carbonyl (C=O) groups excluding carboxylic acids is 1. The predicted molar refractivity (Wildman–Crippen MR) is 86.1 cm³/mol. The third-order valence-electron chi connectivity index (χ3n) is 3.49. The number of aryl methyl sites for hydroxylation is 1. The molecule has 0 spiro atoms. The summed E-state index contributed by atoms with van der Waals surface area (Å²) in [6.45, 7) is 1.98. The standard InChI is InChI=1S/C17H16Cl2O2/c1-11-5-3-4-6-14(11)15(17(20)21-2)9-12-7-8-13(18)10-16(12)19/h3-8,10,15H,9H2,1-2H3/t15-/m0/s1. The fourth-order valence-electron chi connectivity index (χ4n) is 2.35. The molecule has 1 atom stereocenters. The summed E-state index contributed by atoms with van der Waals surface area (Å²) in [5.74, 6) is -0.648. The van der Waals surface area contributed by atoms with Crippen LogP contribution in [0.2, 0.25) is 10.0 Å². The van der Waals surface area contributed by atoms with Gasteiger partial charge in [-0.1, -0.05) is 53.5 Å². The molecule has 0 aliphatic carbocycles. The molecule has 2 aromatic rings. The van der Waals surface area contributed by atoms with E-state index in [0.717, 1.165) is 16.7 Å². The van der Waals surface area contributed by atoms with Crippen molar-refractivity contribution in [3.05, 3.63) is 69.2 Å². The van der Waals surface area contributed by atoms with Crippen molar-refractivity contribution in [2.24, 2.45) is 0 Å². The van der Waals surface area contributed by atoms with Crippen molar-refractivity contribution in [3.8, 4) is 0 Å². The molecule has 21 heavy (non-hydrogen) atoms. The molecule has 0 heterocycles. The molecule has 2 aromatic carbocycles. The maximum absolute atomic E-state index is 12.2. The fraction of sp³-hybridized carbons (Fsp3) is 0.235. The normalized spacial score (nSPS) is 12.0. The van der Waals surface area contributed by atoms with E-state index in [1.54, 1.807) is 12.1 Å². The van der Waals surface area contributed by atoms with Gasteiger partial charge in [-0.25, -0.2) is 0 Å². The quantitative estimate of drug-likeness (QED) is 0.756. The summed E-state index contributed by atoms with van der Waals surface area (Å²) in [5, 5.41) is 1.14. The molecular weight excluding hydrogens is 307 g/mol. The van der Waals surface area contributed by atoms with E-state index >= 15 is 0 Å². The van der Waals surface area contributed by atoms with Gasteiger partial charge < -0.3 is 4.74 Å². The van der Waals surface area contributed by atoms with Gasteiger partial charge in [-0.15, -0.1) is 0 Å². The van der Waals surface area contributed by atoms with Crippen molar-refractivity contribution in [1.29, 1.82) is 0 Å². The molecule has 0 radical (unpaired) electrons. The van der Waals surface area contributed by atoms with Crippen LogP contribution in [0.3, 0.4) is 0 Å². The number of rotatable bonds is 4. The lowest BCUT2D eigenvalue weighted by Crippen LogP contribution is -2.18. The first-order chi connectivity index (χ1) is 10.0. The van der Waals surface area contributed by atoms with Gasteiger partial charge in [-0.2, -0.15) is 0 Å². The molecule has 4 heteroatoms. The highest BCUT2D eigenvalue weighted by Crippen LogP contribution is 2.29. The Morgan fingerprint density at radius 1 is 1.19 bits per heavy atom. The molecule has 2 nitrogen and oxygen atoms in total. The number of esters is 1. The zero-order chi connectivity index (χ0) is 15.4. The molecule has 0 unspecified atom stereocenters. The van der Waals surface area contributed by atoms with Crippen molar-refractivity contribution in [2.75, 3.05) is 7.11 Å². The summed E-state index contributed by atoms with van der Waals surface area (Å²) in [6.07, 6.45) is 0.480. The van der Waals surface area contributed by atoms with Crippen LogP contribution in [0.4, 0.5) is 0 Å². The predicted octanol–water partition coefficient (Wildman–Crippen LogP) is 4.80. The highest BCUT2D eigenvalue weighted by atomic mass is 35.5. The van der Waals surface area contributed by atoms with E-state index in [9.17, 15) is 4.79 Å². The highest BCUT2D eigenvalue weighted by Gasteiger charge is 2.24. The smallest absolute Gasteiger partial charge is 0.313 e. The van der Waals surface area contributed by atoms with Gasteiger partial charge in [0, 0.05) is 10.0 Å². The highest BCUT2D eigenvalue weighted by molar-refractivity contribution is 6.35. The molecule has 0 saturated carbocycles. The molecule has 2 rings (SSSR count). The van der Waals surface area contributed by atoms with Crippen LogP contribution in [-0.4, -0.2) is 13.1 Å². The molecule has 0 fully saturated rings. The van der Waals surface area contributed by atoms with Crippen LogP contribution in [0, 0.1) is 6.92 Å². The zero-order valence-corrected chi connectivity index (χ0v) is 13.4. The number of ether oxygens (including phenoxy) is 1. The maximum atomic E-state index is 12.2. The van der Waals surface area contributed by atoms with Gasteiger partial charge in [0.25, 0.3) is 0 Å². The second-order valence-corrected chi connectivity index (χ2v) is 5.72. The van der Waals surface area contributed by atoms with Crippen molar-refractivity contribution in [2.45, 2.75) is 19.3 Å². The Balaban J connectivity index is 2.38. The van der Waals surface area contributed by atoms with Gasteiger partial charge in [0.15, 0.2) is 0 Å². The van der Waals surface area contributed by atoms with E-state index in [-0.39, 0.29) is 11.9 Å². The number of hydrogen-bond acceptors (Lipinski definition) is 2. The summed E-state index contributed by atoms with van der Waals surface area (Å²) >= 11 is 12.1. The minimum Gasteiger partial charge on any atom is -0.469 e. The lowest BCUT2D eigenvalue weighted by molar-refractivity contribution is -0.142. The summed E-state index contributed by atoms with van der Waals surface area (Å²) < 4.78 is 4.95. The molecule has 0 amide bonds. The third-order valence-corrected chi connectivity index (χ3v) is 4.08. The average molecular weight is 323 g/mol. The maximum Gasteiger partial charge on any atom is 0.313 e. The minimum absolute atomic E-state index is 0.268. The first-order valence-corrected chi connectivity index (χ1v) is 7.35. The second-order valence-electron chi connectivity index (χ2n) is 4.87. The van der Waals surface area contributed by atoms with Crippen LogP contribution in [0.15, 0.2) is 42.5 Å². The van der Waals surface area contributed by atoms with Gasteiger partial charge in [0.05, 0.1) is 13.0 Å². The van der Waals surface area contributed by atoms with Crippen molar-refractivity contribution < 1.29 is 9.53 Å². The molecule has 0 bridgehead atoms. The Bertz CT molecular complexity index is 653. The van der Waals surface area contributed by atoms with Gasteiger partial charge in [-0.05, 0) is 42.2 Å². The lowest BCUT2D eigenvalue weighted by atomic mass is 9.89. The van der Waals surface area contributed by atoms with Crippen LogP contribution >= 0.6 is 23.2 Å². The second kappa shape index (κ2) is 6.97. The number of hydrogen-bond donors (Lipinski definition) is 0. The topological polar surface area (TPSA) is 26.3 Å². The van der Waals surface area contributed by atoms with Crippen molar-refractivity contribution in [1.82, 2.24) is 0 Å². The molecule has 0 saturated heterocycles. The molecular formula is C17H16Cl2O2. The number of methoxy groups -OCH3 is 1. The van der Waals surface area contributed by atoms with Gasteiger partial charge in [0.1, 0.15) is 0 Å². The van der Waals surface area contributed by atoms with Crippen LogP contribution in [0.1, 0.15) is 22.6 Å². The zero-order valence-electron chi connectivity index (χ0n) is 11.9. The van der Waals surface area contributed by atoms with E-state index < -0.39 is 0 Å². The summed E-state index contributed by atoms with van der Waals surface area (Å²) in [5.41, 5.74) is 2.88. The first-order valence-electron chi connectivity index (χ1n) is 6.60. The van der Waals surface area contributed by atoms with Crippen molar-refractivity contribution >= 4 is 29.2 Å². The van der Waals surface area contributed by atoms with Gasteiger partial charge >= 0.3 is 5.97 Å². The molecule has 0 N–H and O–H groups in total. The van der Waals surface area contributed by atoms with Crippen LogP contribution in [0.25, 0.3) is 0 Å².